The van der Waals surface area contributed by atoms with Crippen molar-refractivity contribution in [2.24, 2.45) is 17.3 Å². The summed E-state index contributed by atoms with van der Waals surface area (Å²) in [6.45, 7) is 2.14. The van der Waals surface area contributed by atoms with Crippen molar-refractivity contribution in [3.8, 4) is 40.9 Å². The van der Waals surface area contributed by atoms with Crippen molar-refractivity contribution in [3.05, 3.63) is 96.3 Å². The van der Waals surface area contributed by atoms with Crippen LogP contribution in [-0.4, -0.2) is 20.6 Å². The summed E-state index contributed by atoms with van der Waals surface area (Å²) in [5.74, 6) is 4.24. The van der Waals surface area contributed by atoms with Crippen LogP contribution in [0.1, 0.15) is 56.1 Å². The van der Waals surface area contributed by atoms with Crippen molar-refractivity contribution in [1.82, 2.24) is 15.0 Å². The zero-order valence-electron chi connectivity index (χ0n) is 23.1. The maximum Gasteiger partial charge on any atom is 2.00 e. The average Bonchev–Trinajstić information content (AvgIpc) is 3.29. The van der Waals surface area contributed by atoms with E-state index in [-0.39, 0.29) is 32.2 Å². The number of benzene rings is 1. The molecule has 3 unspecified atom stereocenters. The van der Waals surface area contributed by atoms with Gasteiger partial charge in [-0.25, -0.2) is 4.98 Å². The minimum atomic E-state index is -1.18. The molecule has 6 heteroatoms. The molecule has 2 fully saturated rings. The second kappa shape index (κ2) is 11.9. The Morgan fingerprint density at radius 1 is 0.829 bits per heavy atom. The van der Waals surface area contributed by atoms with Crippen LogP contribution in [0, 0.1) is 29.6 Å². The molecule has 7 rings (SSSR count). The third-order valence-electron chi connectivity index (χ3n) is 9.65. The van der Waals surface area contributed by atoms with Crippen molar-refractivity contribution in [1.29, 1.82) is 0 Å². The van der Waals surface area contributed by atoms with Crippen LogP contribution in [-0.2, 0) is 27.5 Å². The second-order valence-electron chi connectivity index (χ2n) is 11.6. The number of aryl methyl sites for hydroxylation is 1. The molecule has 3 heterocycles. The molecule has 4 aromatic rings. The van der Waals surface area contributed by atoms with Crippen LogP contribution in [0.25, 0.3) is 22.8 Å². The maximum absolute atomic E-state index is 13.0. The van der Waals surface area contributed by atoms with Crippen LogP contribution in [0.3, 0.4) is 0 Å². The standard InChI is InChI=1S/C20H23O2.C15H11N3.Pt/c1-3-20(22)11-9-18-17-6-4-13-12-14(21)5-7-15(13)16(17)8-10-19(18,20)2;1-3-10-16-12(6-1)14-8-5-9-15(18-14)13-7-2-4-11-17-13;/h1,5,7,12,16-18,21H,4,6,8-11H2,2H3;1-11H;/q-1;;+2/p-1/t16?,17?,18?,19-,20-;;/m0../s1. The fourth-order valence-electron chi connectivity index (χ4n) is 7.54. The van der Waals surface area contributed by atoms with E-state index in [1.807, 2.05) is 66.7 Å². The summed E-state index contributed by atoms with van der Waals surface area (Å²) in [5, 5.41) is 24.6. The van der Waals surface area contributed by atoms with Gasteiger partial charge in [0.1, 0.15) is 0 Å². The van der Waals surface area contributed by atoms with Gasteiger partial charge in [-0.1, -0.05) is 49.7 Å². The van der Waals surface area contributed by atoms with E-state index < -0.39 is 5.60 Å². The van der Waals surface area contributed by atoms with Gasteiger partial charge in [0.25, 0.3) is 0 Å². The SMILES string of the molecule is C#C[C@]1([O-])CCC2C3CCc4cc([O-])ccc4C3CC[C@@]21C.[Pt+2].c1ccc(-c2cccc(-c3ccccn3)n2)nc1. The van der Waals surface area contributed by atoms with Gasteiger partial charge < -0.3 is 10.2 Å². The fraction of sp³-hybridized carbons (Fsp3) is 0.343. The van der Waals surface area contributed by atoms with Crippen molar-refractivity contribution >= 4 is 0 Å². The van der Waals surface area contributed by atoms with Gasteiger partial charge in [0.15, 0.2) is 0 Å². The predicted octanol–water partition coefficient (Wildman–Crippen LogP) is 5.55. The molecule has 0 N–H and O–H groups in total. The third kappa shape index (κ3) is 5.36. The van der Waals surface area contributed by atoms with E-state index in [1.165, 1.54) is 11.1 Å². The number of aromatic nitrogens is 3. The van der Waals surface area contributed by atoms with Crippen molar-refractivity contribution in [3.63, 3.8) is 0 Å². The Bertz CT molecular complexity index is 1490. The van der Waals surface area contributed by atoms with Crippen LogP contribution in [0.5, 0.6) is 5.75 Å². The van der Waals surface area contributed by atoms with Gasteiger partial charge in [-0.05, 0) is 108 Å². The molecule has 5 atom stereocenters. The maximum atomic E-state index is 13.0. The van der Waals surface area contributed by atoms with E-state index >= 15 is 0 Å². The predicted molar refractivity (Wildman–Crippen MR) is 153 cm³/mol. The summed E-state index contributed by atoms with van der Waals surface area (Å²) in [5.41, 5.74) is 4.63. The van der Waals surface area contributed by atoms with Gasteiger partial charge in [-0.3, -0.25) is 9.97 Å². The van der Waals surface area contributed by atoms with Gasteiger partial charge in [-0.15, -0.1) is 18.1 Å². The molecule has 41 heavy (non-hydrogen) atoms. The first-order chi connectivity index (χ1) is 19.4. The van der Waals surface area contributed by atoms with E-state index in [0.717, 1.165) is 54.9 Å². The first-order valence-electron chi connectivity index (χ1n) is 14.2. The van der Waals surface area contributed by atoms with Crippen LogP contribution in [0.15, 0.2) is 85.2 Å². The molecule has 0 aliphatic heterocycles. The van der Waals surface area contributed by atoms with Crippen LogP contribution >= 0.6 is 0 Å². The molecule has 0 bridgehead atoms. The summed E-state index contributed by atoms with van der Waals surface area (Å²) < 4.78 is 0. The van der Waals surface area contributed by atoms with Crippen molar-refractivity contribution < 1.29 is 31.3 Å². The summed E-state index contributed by atoms with van der Waals surface area (Å²) in [7, 11) is 0. The molecule has 210 valence electrons. The Kier molecular flexibility index (Phi) is 8.46. The number of hydrogen-bond acceptors (Lipinski definition) is 5. The number of rotatable bonds is 2. The van der Waals surface area contributed by atoms with Gasteiger partial charge in [0.2, 0.25) is 0 Å². The third-order valence-corrected chi connectivity index (χ3v) is 9.65. The average molecular weight is 723 g/mol. The molecular formula is C35H33N3O2Pt. The topological polar surface area (TPSA) is 84.8 Å². The molecule has 3 aliphatic carbocycles. The fourth-order valence-corrected chi connectivity index (χ4v) is 7.54. The van der Waals surface area contributed by atoms with Gasteiger partial charge in [0.05, 0.1) is 22.8 Å². The summed E-state index contributed by atoms with van der Waals surface area (Å²) >= 11 is 0. The minimum absolute atomic E-state index is 0. The number of nitrogens with zero attached hydrogens (tertiary/aromatic N) is 3. The molecule has 2 saturated carbocycles. The molecule has 0 spiro atoms. The molecule has 3 aliphatic rings. The Morgan fingerprint density at radius 3 is 2.10 bits per heavy atom. The largest absolute Gasteiger partial charge is 2.00 e. The zero-order valence-corrected chi connectivity index (χ0v) is 25.4. The number of pyridine rings is 3. The van der Waals surface area contributed by atoms with Gasteiger partial charge in [-0.2, -0.15) is 0 Å². The van der Waals surface area contributed by atoms with Crippen LogP contribution in [0.2, 0.25) is 0 Å². The van der Waals surface area contributed by atoms with E-state index in [2.05, 4.69) is 27.8 Å². The molecule has 3 aromatic heterocycles. The van der Waals surface area contributed by atoms with Crippen LogP contribution < -0.4 is 10.2 Å². The second-order valence-corrected chi connectivity index (χ2v) is 11.6. The Hall–Kier alpha value is -3.32. The van der Waals surface area contributed by atoms with Crippen molar-refractivity contribution in [2.75, 3.05) is 0 Å². The van der Waals surface area contributed by atoms with E-state index in [4.69, 9.17) is 6.42 Å². The molecule has 0 radical (unpaired) electrons. The molecule has 0 saturated heterocycles. The van der Waals surface area contributed by atoms with E-state index in [1.54, 1.807) is 18.5 Å². The minimum Gasteiger partial charge on any atom is -0.872 e. The molecule has 0 amide bonds. The number of fused-ring (bicyclic) bond motifs is 5. The zero-order chi connectivity index (χ0) is 27.7. The van der Waals surface area contributed by atoms with Crippen molar-refractivity contribution in [2.45, 2.75) is 57.0 Å². The Labute approximate surface area is 256 Å². The van der Waals surface area contributed by atoms with Gasteiger partial charge >= 0.3 is 21.1 Å². The first kappa shape index (κ1) is 29.2. The van der Waals surface area contributed by atoms with Crippen LogP contribution in [0.4, 0.5) is 0 Å². The Morgan fingerprint density at radius 2 is 1.49 bits per heavy atom. The summed E-state index contributed by atoms with van der Waals surface area (Å²) in [6.07, 6.45) is 14.8. The Balaban J connectivity index is 0.000000164. The van der Waals surface area contributed by atoms with E-state index in [9.17, 15) is 10.2 Å². The van der Waals surface area contributed by atoms with Gasteiger partial charge in [0, 0.05) is 12.4 Å². The summed E-state index contributed by atoms with van der Waals surface area (Å²) in [4.78, 5) is 13.2. The monoisotopic (exact) mass is 722 g/mol. The first-order valence-corrected chi connectivity index (χ1v) is 14.2. The summed E-state index contributed by atoms with van der Waals surface area (Å²) in [6, 6.07) is 23.0. The smallest absolute Gasteiger partial charge is 0.872 e. The number of terminal acetylenes is 1. The quantitative estimate of drug-likeness (QED) is 0.254. The molecular weight excluding hydrogens is 689 g/mol. The molecule has 5 nitrogen and oxygen atoms in total. The van der Waals surface area contributed by atoms with E-state index in [0.29, 0.717) is 24.2 Å². The number of hydrogen-bond donors (Lipinski definition) is 0. The molecule has 1 aromatic carbocycles. The normalized spacial score (nSPS) is 27.5.